The van der Waals surface area contributed by atoms with Crippen LogP contribution in [0, 0.1) is 0 Å². The van der Waals surface area contributed by atoms with E-state index in [0.29, 0.717) is 13.1 Å². The van der Waals surface area contributed by atoms with Crippen LogP contribution in [0.2, 0.25) is 0 Å². The van der Waals surface area contributed by atoms with Crippen LogP contribution in [0.3, 0.4) is 0 Å². The molecule has 1 aromatic carbocycles. The van der Waals surface area contributed by atoms with Crippen LogP contribution in [0.1, 0.15) is 32.3 Å². The van der Waals surface area contributed by atoms with Crippen molar-refractivity contribution in [3.05, 3.63) is 29.8 Å². The number of carbonyl (C=O) groups is 2. The van der Waals surface area contributed by atoms with Gasteiger partial charge in [0.25, 0.3) is 0 Å². The number of ether oxygens (including phenoxy) is 1. The van der Waals surface area contributed by atoms with Crippen LogP contribution in [-0.4, -0.2) is 83.4 Å². The van der Waals surface area contributed by atoms with E-state index in [1.165, 1.54) is 0 Å². The summed E-state index contributed by atoms with van der Waals surface area (Å²) < 4.78 is 5.37. The summed E-state index contributed by atoms with van der Waals surface area (Å²) in [6.07, 6.45) is 1.72. The molecule has 1 N–H and O–H groups in total. The number of amides is 3. The number of halogens is 1. The molecule has 1 spiro atoms. The molecule has 1 aromatic rings. The number of piperidine rings is 1. The van der Waals surface area contributed by atoms with Crippen molar-refractivity contribution < 1.29 is 14.3 Å². The number of benzene rings is 1. The SMILES string of the molecule is CNC(=O)CN1CCC2(CC1)CN([C@H](C)C(C)Br)C(=O)N2Cc1cccc(OC)c1. The van der Waals surface area contributed by atoms with Gasteiger partial charge in [-0.1, -0.05) is 35.0 Å². The fourth-order valence-corrected chi connectivity index (χ4v) is 4.71. The van der Waals surface area contributed by atoms with Crippen molar-refractivity contribution in [2.24, 2.45) is 0 Å². The first-order valence-electron chi connectivity index (χ1n) is 10.6. The number of urea groups is 1. The minimum Gasteiger partial charge on any atom is -0.497 e. The molecule has 2 aliphatic rings. The van der Waals surface area contributed by atoms with Crippen LogP contribution in [0.4, 0.5) is 4.79 Å². The van der Waals surface area contributed by atoms with Gasteiger partial charge in [-0.3, -0.25) is 9.69 Å². The molecule has 30 heavy (non-hydrogen) atoms. The minimum atomic E-state index is -0.213. The predicted molar refractivity (Wildman–Crippen MR) is 121 cm³/mol. The Morgan fingerprint density at radius 3 is 2.60 bits per heavy atom. The molecule has 0 saturated carbocycles. The molecule has 8 heteroatoms. The average molecular weight is 481 g/mol. The van der Waals surface area contributed by atoms with Gasteiger partial charge in [0, 0.05) is 44.1 Å². The van der Waals surface area contributed by atoms with Crippen LogP contribution in [0.15, 0.2) is 24.3 Å². The number of likely N-dealkylation sites (N-methyl/N-ethyl adjacent to an activating group) is 1. The molecule has 2 heterocycles. The first-order chi connectivity index (χ1) is 14.3. The normalized spacial score (nSPS) is 21.0. The number of likely N-dealkylation sites (tertiary alicyclic amines) is 1. The fourth-order valence-electron chi connectivity index (χ4n) is 4.42. The Kier molecular flexibility index (Phi) is 7.29. The van der Waals surface area contributed by atoms with Gasteiger partial charge in [-0.25, -0.2) is 4.79 Å². The second kappa shape index (κ2) is 9.56. The third-order valence-corrected chi connectivity index (χ3v) is 7.34. The number of hydrogen-bond acceptors (Lipinski definition) is 4. The summed E-state index contributed by atoms with van der Waals surface area (Å²) in [5, 5.41) is 2.70. The average Bonchev–Trinajstić information content (AvgIpc) is 3.01. The van der Waals surface area contributed by atoms with E-state index in [1.54, 1.807) is 14.2 Å². The lowest BCUT2D eigenvalue weighted by molar-refractivity contribution is -0.122. The van der Waals surface area contributed by atoms with E-state index in [1.807, 2.05) is 29.2 Å². The molecule has 0 aliphatic carbocycles. The number of hydrogen-bond donors (Lipinski definition) is 1. The van der Waals surface area contributed by atoms with Crippen molar-refractivity contribution in [2.75, 3.05) is 40.3 Å². The maximum atomic E-state index is 13.5. The number of nitrogens with zero attached hydrogens (tertiary/aromatic N) is 3. The van der Waals surface area contributed by atoms with Gasteiger partial charge < -0.3 is 19.9 Å². The van der Waals surface area contributed by atoms with Gasteiger partial charge in [-0.05, 0) is 37.5 Å². The van der Waals surface area contributed by atoms with Gasteiger partial charge in [0.1, 0.15) is 5.75 Å². The Morgan fingerprint density at radius 1 is 1.30 bits per heavy atom. The summed E-state index contributed by atoms with van der Waals surface area (Å²) in [7, 11) is 3.32. The topological polar surface area (TPSA) is 65.1 Å². The zero-order chi connectivity index (χ0) is 21.9. The van der Waals surface area contributed by atoms with Crippen LogP contribution >= 0.6 is 15.9 Å². The smallest absolute Gasteiger partial charge is 0.321 e. The van der Waals surface area contributed by atoms with Gasteiger partial charge in [0.15, 0.2) is 0 Å². The summed E-state index contributed by atoms with van der Waals surface area (Å²) in [5.74, 6) is 0.831. The number of nitrogens with one attached hydrogen (secondary N) is 1. The Labute approximate surface area is 187 Å². The van der Waals surface area contributed by atoms with E-state index in [2.05, 4.69) is 44.9 Å². The molecule has 0 aromatic heterocycles. The van der Waals surface area contributed by atoms with Crippen LogP contribution < -0.4 is 10.1 Å². The third kappa shape index (κ3) is 4.75. The minimum absolute atomic E-state index is 0.0325. The highest BCUT2D eigenvalue weighted by atomic mass is 79.9. The first kappa shape index (κ1) is 22.9. The summed E-state index contributed by atoms with van der Waals surface area (Å²) in [5.41, 5.74) is 0.853. The maximum absolute atomic E-state index is 13.5. The Hall–Kier alpha value is -1.80. The Balaban J connectivity index is 1.82. The first-order valence-corrected chi connectivity index (χ1v) is 11.5. The maximum Gasteiger partial charge on any atom is 0.321 e. The van der Waals surface area contributed by atoms with Crippen molar-refractivity contribution in [2.45, 2.75) is 49.6 Å². The molecule has 3 amide bonds. The molecule has 3 rings (SSSR count). The van der Waals surface area contributed by atoms with E-state index in [4.69, 9.17) is 4.74 Å². The molecule has 2 aliphatic heterocycles. The largest absolute Gasteiger partial charge is 0.497 e. The predicted octanol–water partition coefficient (Wildman–Crippen LogP) is 2.69. The fraction of sp³-hybridized carbons (Fsp3) is 0.636. The van der Waals surface area contributed by atoms with Crippen molar-refractivity contribution in [3.8, 4) is 5.75 Å². The van der Waals surface area contributed by atoms with Crippen LogP contribution in [-0.2, 0) is 11.3 Å². The van der Waals surface area contributed by atoms with Gasteiger partial charge in [-0.15, -0.1) is 0 Å². The quantitative estimate of drug-likeness (QED) is 0.609. The van der Waals surface area contributed by atoms with Crippen LogP contribution in [0.25, 0.3) is 0 Å². The molecule has 0 bridgehead atoms. The van der Waals surface area contributed by atoms with Gasteiger partial charge in [0.05, 0.1) is 19.2 Å². The Bertz CT molecular complexity index is 765. The van der Waals surface area contributed by atoms with Gasteiger partial charge in [0.2, 0.25) is 5.91 Å². The summed E-state index contributed by atoms with van der Waals surface area (Å²) in [4.78, 5) is 31.8. The monoisotopic (exact) mass is 480 g/mol. The molecule has 2 fully saturated rings. The molecule has 166 valence electrons. The molecular formula is C22H33BrN4O3. The standard InChI is InChI=1S/C22H33BrN4O3/c1-16(23)17(2)26-15-22(8-10-25(11-9-22)14-20(28)24-3)27(21(26)29)13-18-6-5-7-19(12-18)30-4/h5-7,12,16-17H,8-11,13-15H2,1-4H3,(H,24,28)/t16?,17-/m1/s1. The summed E-state index contributed by atoms with van der Waals surface area (Å²) in [6.45, 7) is 7.49. The van der Waals surface area contributed by atoms with Gasteiger partial charge in [-0.2, -0.15) is 0 Å². The van der Waals surface area contributed by atoms with Crippen molar-refractivity contribution >= 4 is 27.9 Å². The van der Waals surface area contributed by atoms with Crippen LogP contribution in [0.5, 0.6) is 5.75 Å². The van der Waals surface area contributed by atoms with E-state index in [0.717, 1.165) is 43.8 Å². The van der Waals surface area contributed by atoms with E-state index >= 15 is 0 Å². The zero-order valence-electron chi connectivity index (χ0n) is 18.4. The molecule has 7 nitrogen and oxygen atoms in total. The number of rotatable bonds is 7. The van der Waals surface area contributed by atoms with Crippen molar-refractivity contribution in [1.29, 1.82) is 0 Å². The molecule has 2 saturated heterocycles. The highest BCUT2D eigenvalue weighted by Gasteiger charge is 2.52. The van der Waals surface area contributed by atoms with Crippen molar-refractivity contribution in [1.82, 2.24) is 20.0 Å². The summed E-state index contributed by atoms with van der Waals surface area (Å²) >= 11 is 3.66. The van der Waals surface area contributed by atoms with Gasteiger partial charge >= 0.3 is 6.03 Å². The molecule has 2 atom stereocenters. The van der Waals surface area contributed by atoms with E-state index in [9.17, 15) is 9.59 Å². The third-order valence-electron chi connectivity index (χ3n) is 6.58. The number of carbonyl (C=O) groups excluding carboxylic acids is 2. The lowest BCUT2D eigenvalue weighted by atomic mass is 9.86. The van der Waals surface area contributed by atoms with Crippen molar-refractivity contribution in [3.63, 3.8) is 0 Å². The lowest BCUT2D eigenvalue weighted by Crippen LogP contribution is -2.55. The number of methoxy groups -OCH3 is 1. The lowest BCUT2D eigenvalue weighted by Gasteiger charge is -2.43. The molecular weight excluding hydrogens is 448 g/mol. The molecule has 0 radical (unpaired) electrons. The number of alkyl halides is 1. The second-order valence-electron chi connectivity index (χ2n) is 8.44. The highest BCUT2D eigenvalue weighted by molar-refractivity contribution is 9.09. The zero-order valence-corrected chi connectivity index (χ0v) is 19.9. The highest BCUT2D eigenvalue weighted by Crippen LogP contribution is 2.39. The molecule has 1 unspecified atom stereocenters. The van der Waals surface area contributed by atoms with E-state index < -0.39 is 0 Å². The summed E-state index contributed by atoms with van der Waals surface area (Å²) in [6, 6.07) is 8.13. The Morgan fingerprint density at radius 2 is 2.00 bits per heavy atom. The second-order valence-corrected chi connectivity index (χ2v) is 9.88. The van der Waals surface area contributed by atoms with E-state index in [-0.39, 0.29) is 28.3 Å².